The summed E-state index contributed by atoms with van der Waals surface area (Å²) >= 11 is 0. The molecule has 21 heavy (non-hydrogen) atoms. The van der Waals surface area contributed by atoms with Gasteiger partial charge in [0, 0.05) is 24.1 Å². The van der Waals surface area contributed by atoms with E-state index in [0.29, 0.717) is 12.1 Å². The molecule has 4 heteroatoms. The molecule has 1 N–H and O–H groups in total. The summed E-state index contributed by atoms with van der Waals surface area (Å²) in [4.78, 5) is 0. The molecule has 0 amide bonds. The molecule has 1 spiro atoms. The van der Waals surface area contributed by atoms with E-state index >= 15 is 0 Å². The van der Waals surface area contributed by atoms with Gasteiger partial charge in [0.05, 0.1) is 6.10 Å². The van der Waals surface area contributed by atoms with E-state index < -0.39 is 11.6 Å². The molecule has 1 aromatic carbocycles. The summed E-state index contributed by atoms with van der Waals surface area (Å²) in [6.07, 6.45) is 5.06. The number of hydrogen-bond acceptors (Lipinski definition) is 2. The highest BCUT2D eigenvalue weighted by Gasteiger charge is 2.58. The van der Waals surface area contributed by atoms with Crippen molar-refractivity contribution < 1.29 is 13.5 Å². The Kier molecular flexibility index (Phi) is 4.02. The first-order chi connectivity index (χ1) is 10.1. The average Bonchev–Trinajstić information content (AvgIpc) is 2.38. The molecule has 0 radical (unpaired) electrons. The van der Waals surface area contributed by atoms with E-state index in [1.807, 2.05) is 13.8 Å². The molecule has 2 nitrogen and oxygen atoms in total. The summed E-state index contributed by atoms with van der Waals surface area (Å²) in [7, 11) is 0. The normalized spacial score (nSPS) is 28.0. The average molecular weight is 295 g/mol. The first-order valence-electron chi connectivity index (χ1n) is 7.89. The van der Waals surface area contributed by atoms with Gasteiger partial charge in [0.25, 0.3) is 0 Å². The number of rotatable bonds is 5. The minimum atomic E-state index is -0.790. The van der Waals surface area contributed by atoms with Gasteiger partial charge in [-0.3, -0.25) is 0 Å². The topological polar surface area (TPSA) is 21.3 Å². The lowest BCUT2D eigenvalue weighted by Crippen LogP contribution is -2.67. The van der Waals surface area contributed by atoms with Crippen LogP contribution in [0.3, 0.4) is 0 Å². The second kappa shape index (κ2) is 5.65. The molecule has 2 aliphatic rings. The van der Waals surface area contributed by atoms with Crippen molar-refractivity contribution in [3.8, 4) is 0 Å². The molecule has 3 unspecified atom stereocenters. The molecule has 2 aliphatic carbocycles. The predicted octanol–water partition coefficient (Wildman–Crippen LogP) is 3.96. The Hall–Kier alpha value is -1.00. The van der Waals surface area contributed by atoms with Gasteiger partial charge in [-0.2, -0.15) is 0 Å². The van der Waals surface area contributed by atoms with Gasteiger partial charge in [-0.05, 0) is 50.8 Å². The lowest BCUT2D eigenvalue weighted by molar-refractivity contribution is -0.174. The zero-order valence-corrected chi connectivity index (χ0v) is 12.7. The smallest absolute Gasteiger partial charge is 0.159 e. The van der Waals surface area contributed by atoms with Crippen molar-refractivity contribution in [1.29, 1.82) is 0 Å². The zero-order chi connectivity index (χ0) is 15.0. The van der Waals surface area contributed by atoms with Crippen LogP contribution in [0, 0.1) is 17.0 Å². The number of ether oxygens (including phenoxy) is 1. The Morgan fingerprint density at radius 3 is 2.67 bits per heavy atom. The molecule has 3 atom stereocenters. The van der Waals surface area contributed by atoms with E-state index in [1.54, 1.807) is 6.07 Å². The van der Waals surface area contributed by atoms with E-state index in [9.17, 15) is 8.78 Å². The van der Waals surface area contributed by atoms with E-state index in [0.717, 1.165) is 18.6 Å². The van der Waals surface area contributed by atoms with E-state index in [-0.39, 0.29) is 11.5 Å². The van der Waals surface area contributed by atoms with Gasteiger partial charge in [0.15, 0.2) is 11.6 Å². The Bertz CT molecular complexity index is 516. The maximum absolute atomic E-state index is 13.3. The van der Waals surface area contributed by atoms with Crippen LogP contribution < -0.4 is 5.32 Å². The van der Waals surface area contributed by atoms with Gasteiger partial charge in [-0.15, -0.1) is 0 Å². The molecule has 1 aromatic rings. The number of halogens is 2. The highest BCUT2D eigenvalue weighted by molar-refractivity contribution is 5.22. The Morgan fingerprint density at radius 2 is 2.10 bits per heavy atom. The highest BCUT2D eigenvalue weighted by atomic mass is 19.2. The summed E-state index contributed by atoms with van der Waals surface area (Å²) in [6.45, 7) is 4.81. The van der Waals surface area contributed by atoms with Crippen molar-refractivity contribution in [3.63, 3.8) is 0 Å². The largest absolute Gasteiger partial charge is 0.378 e. The Morgan fingerprint density at radius 1 is 1.33 bits per heavy atom. The maximum atomic E-state index is 13.3. The fourth-order valence-electron chi connectivity index (χ4n) is 3.85. The number of hydrogen-bond donors (Lipinski definition) is 1. The zero-order valence-electron chi connectivity index (χ0n) is 12.7. The summed E-state index contributed by atoms with van der Waals surface area (Å²) < 4.78 is 32.2. The first-order valence-corrected chi connectivity index (χ1v) is 7.89. The van der Waals surface area contributed by atoms with Crippen LogP contribution >= 0.6 is 0 Å². The van der Waals surface area contributed by atoms with Gasteiger partial charge < -0.3 is 10.1 Å². The third-order valence-corrected chi connectivity index (χ3v) is 5.33. The molecular formula is C17H23F2NO. The lowest BCUT2D eigenvalue weighted by Gasteiger charge is -2.61. The molecule has 0 aromatic heterocycles. The van der Waals surface area contributed by atoms with Crippen molar-refractivity contribution in [2.24, 2.45) is 5.41 Å². The summed E-state index contributed by atoms with van der Waals surface area (Å²) in [5, 5.41) is 3.59. The summed E-state index contributed by atoms with van der Waals surface area (Å²) in [5.74, 6) is -1.57. The summed E-state index contributed by atoms with van der Waals surface area (Å²) in [5.41, 5.74) is 1.08. The van der Waals surface area contributed by atoms with Gasteiger partial charge in [-0.25, -0.2) is 8.78 Å². The van der Waals surface area contributed by atoms with Crippen molar-refractivity contribution in [2.75, 3.05) is 6.61 Å². The van der Waals surface area contributed by atoms with Crippen LogP contribution in [0.5, 0.6) is 0 Å². The Labute approximate surface area is 124 Å². The standard InChI is InChI=1S/C17H23F2NO/c1-3-21-16-10-15(17(16)7-4-8-17)20-11(2)12-5-6-13(18)14(19)9-12/h5-6,9,11,15-16,20H,3-4,7-8,10H2,1-2H3. The third kappa shape index (κ3) is 2.49. The van der Waals surface area contributed by atoms with Crippen LogP contribution in [0.4, 0.5) is 8.78 Å². The number of nitrogens with one attached hydrogen (secondary N) is 1. The SMILES string of the molecule is CCOC1CC(NC(C)c2ccc(F)c(F)c2)C12CCC2. The molecular weight excluding hydrogens is 272 g/mol. The van der Waals surface area contributed by atoms with Crippen LogP contribution in [-0.4, -0.2) is 18.8 Å². The molecule has 0 aliphatic heterocycles. The highest BCUT2D eigenvalue weighted by Crippen LogP contribution is 2.57. The second-order valence-electron chi connectivity index (χ2n) is 6.38. The van der Waals surface area contributed by atoms with Crippen LogP contribution in [-0.2, 0) is 4.74 Å². The van der Waals surface area contributed by atoms with Crippen LogP contribution in [0.15, 0.2) is 18.2 Å². The fraction of sp³-hybridized carbons (Fsp3) is 0.647. The van der Waals surface area contributed by atoms with Crippen molar-refractivity contribution >= 4 is 0 Å². The van der Waals surface area contributed by atoms with Crippen LogP contribution in [0.25, 0.3) is 0 Å². The van der Waals surface area contributed by atoms with Gasteiger partial charge in [0.1, 0.15) is 0 Å². The molecule has 2 fully saturated rings. The monoisotopic (exact) mass is 295 g/mol. The Balaban J connectivity index is 1.65. The molecule has 3 rings (SSSR count). The van der Waals surface area contributed by atoms with Crippen LogP contribution in [0.2, 0.25) is 0 Å². The van der Waals surface area contributed by atoms with E-state index in [2.05, 4.69) is 5.32 Å². The minimum Gasteiger partial charge on any atom is -0.378 e. The van der Waals surface area contributed by atoms with E-state index in [1.165, 1.54) is 31.4 Å². The van der Waals surface area contributed by atoms with Crippen molar-refractivity contribution in [1.82, 2.24) is 5.32 Å². The third-order valence-electron chi connectivity index (χ3n) is 5.33. The molecule has 116 valence electrons. The van der Waals surface area contributed by atoms with Gasteiger partial charge in [-0.1, -0.05) is 12.5 Å². The lowest BCUT2D eigenvalue weighted by atomic mass is 9.51. The van der Waals surface area contributed by atoms with Gasteiger partial charge in [0.2, 0.25) is 0 Å². The number of benzene rings is 1. The maximum Gasteiger partial charge on any atom is 0.159 e. The predicted molar refractivity (Wildman–Crippen MR) is 78.0 cm³/mol. The second-order valence-corrected chi connectivity index (χ2v) is 6.38. The molecule has 2 saturated carbocycles. The van der Waals surface area contributed by atoms with Crippen molar-refractivity contribution in [3.05, 3.63) is 35.4 Å². The quantitative estimate of drug-likeness (QED) is 0.887. The molecule has 0 heterocycles. The molecule has 0 saturated heterocycles. The minimum absolute atomic E-state index is 0.0187. The van der Waals surface area contributed by atoms with E-state index in [4.69, 9.17) is 4.74 Å². The van der Waals surface area contributed by atoms with Crippen LogP contribution in [0.1, 0.15) is 51.1 Å². The summed E-state index contributed by atoms with van der Waals surface area (Å²) in [6, 6.07) is 4.59. The fourth-order valence-corrected chi connectivity index (χ4v) is 3.85. The first kappa shape index (κ1) is 14.9. The van der Waals surface area contributed by atoms with Gasteiger partial charge >= 0.3 is 0 Å². The van der Waals surface area contributed by atoms with Crippen molar-refractivity contribution in [2.45, 2.75) is 57.7 Å². The molecule has 0 bridgehead atoms.